The topological polar surface area (TPSA) is 102 Å². The van der Waals surface area contributed by atoms with Crippen LogP contribution in [0.3, 0.4) is 0 Å². The molecule has 0 unspecified atom stereocenters. The van der Waals surface area contributed by atoms with Crippen LogP contribution in [0.5, 0.6) is 5.88 Å². The molecule has 1 aliphatic heterocycles. The third-order valence-corrected chi connectivity index (χ3v) is 6.13. The Bertz CT molecular complexity index is 1030. The largest absolute Gasteiger partial charge is 0.476 e. The van der Waals surface area contributed by atoms with Crippen molar-refractivity contribution in [2.75, 3.05) is 62.6 Å². The number of rotatable bonds is 11. The second kappa shape index (κ2) is 19.6. The number of carbonyl (C=O) groups excluding carboxylic acids is 2. The third kappa shape index (κ3) is 13.1. The van der Waals surface area contributed by atoms with Gasteiger partial charge in [0.25, 0.3) is 0 Å². The summed E-state index contributed by atoms with van der Waals surface area (Å²) >= 11 is 0. The fourth-order valence-corrected chi connectivity index (χ4v) is 4.23. The van der Waals surface area contributed by atoms with Gasteiger partial charge in [0.1, 0.15) is 12.4 Å². The van der Waals surface area contributed by atoms with E-state index in [1.807, 2.05) is 62.1 Å². The van der Waals surface area contributed by atoms with Crippen LogP contribution in [0.25, 0.3) is 0 Å². The van der Waals surface area contributed by atoms with Gasteiger partial charge < -0.3 is 25.3 Å². The first-order chi connectivity index (χ1) is 19.2. The molecule has 2 heterocycles. The maximum absolute atomic E-state index is 11.5. The highest BCUT2D eigenvalue weighted by Crippen LogP contribution is 2.24. The second-order valence-corrected chi connectivity index (χ2v) is 9.47. The van der Waals surface area contributed by atoms with Crippen LogP contribution < -0.4 is 15.0 Å². The summed E-state index contributed by atoms with van der Waals surface area (Å²) in [5.74, 6) is 1.01. The number of aryl methyl sites for hydroxylation is 1. The van der Waals surface area contributed by atoms with E-state index in [0.29, 0.717) is 18.3 Å². The van der Waals surface area contributed by atoms with Gasteiger partial charge in [-0.15, -0.1) is 0 Å². The summed E-state index contributed by atoms with van der Waals surface area (Å²) in [7, 11) is 0. The van der Waals surface area contributed by atoms with Crippen LogP contribution in [-0.2, 0) is 9.59 Å². The van der Waals surface area contributed by atoms with E-state index < -0.39 is 0 Å². The van der Waals surface area contributed by atoms with Gasteiger partial charge in [0.15, 0.2) is 0 Å². The maximum atomic E-state index is 11.5. The smallest absolute Gasteiger partial charge is 0.222 e. The number of piperazine rings is 1. The minimum atomic E-state index is -0.151. The standard InChI is InChI=1S/C21H35N5O3.C8H9N.C2H6/c1-5-7-26(8-6-2)19-15-20(22-17(3)27)23-21(16-19)29-14-13-24-9-11-25(12-10-24)18(4)28;1-7-3-2-4-8(5-7)6-9;1-2/h15-16H,5-14H2,1-4H3,(H,22,23,27);2-6,9H,1H3;1-2H3. The Morgan fingerprint density at radius 2 is 1.70 bits per heavy atom. The molecule has 9 nitrogen and oxygen atoms in total. The summed E-state index contributed by atoms with van der Waals surface area (Å²) < 4.78 is 5.94. The first-order valence-electron chi connectivity index (χ1n) is 14.5. The number of nitrogens with one attached hydrogen (secondary N) is 2. The lowest BCUT2D eigenvalue weighted by molar-refractivity contribution is -0.130. The quantitative estimate of drug-likeness (QED) is 0.369. The molecule has 40 heavy (non-hydrogen) atoms. The minimum absolute atomic E-state index is 0.135. The van der Waals surface area contributed by atoms with Crippen LogP contribution >= 0.6 is 0 Å². The molecule has 1 fully saturated rings. The van der Waals surface area contributed by atoms with Crippen LogP contribution in [0.4, 0.5) is 11.5 Å². The fraction of sp³-hybridized carbons (Fsp3) is 0.548. The SMILES string of the molecule is CC.CCCN(CCC)c1cc(NC(C)=O)nc(OCCN2CCN(C(C)=O)CC2)c1.Cc1cccc(C=N)c1. The summed E-state index contributed by atoms with van der Waals surface area (Å²) in [5.41, 5.74) is 3.18. The number of ether oxygens (including phenoxy) is 1. The average Bonchev–Trinajstić information content (AvgIpc) is 2.94. The number of anilines is 2. The van der Waals surface area contributed by atoms with Crippen LogP contribution in [0.2, 0.25) is 0 Å². The lowest BCUT2D eigenvalue weighted by Gasteiger charge is -2.34. The minimum Gasteiger partial charge on any atom is -0.476 e. The van der Waals surface area contributed by atoms with Crippen molar-refractivity contribution in [3.05, 3.63) is 47.5 Å². The molecule has 1 aliphatic rings. The number of amides is 2. The van der Waals surface area contributed by atoms with Gasteiger partial charge >= 0.3 is 0 Å². The molecular formula is C31H50N6O3. The predicted molar refractivity (Wildman–Crippen MR) is 166 cm³/mol. The Morgan fingerprint density at radius 1 is 1.05 bits per heavy atom. The van der Waals surface area contributed by atoms with E-state index in [1.165, 1.54) is 18.7 Å². The van der Waals surface area contributed by atoms with E-state index >= 15 is 0 Å². The van der Waals surface area contributed by atoms with Crippen molar-refractivity contribution in [3.63, 3.8) is 0 Å². The lowest BCUT2D eigenvalue weighted by Crippen LogP contribution is -2.48. The molecule has 2 amide bonds. The Balaban J connectivity index is 0.000000609. The van der Waals surface area contributed by atoms with Gasteiger partial charge in [-0.3, -0.25) is 14.5 Å². The van der Waals surface area contributed by atoms with Gasteiger partial charge in [0.05, 0.1) is 0 Å². The molecule has 1 aromatic carbocycles. The van der Waals surface area contributed by atoms with Crippen LogP contribution in [0.1, 0.15) is 65.5 Å². The molecule has 222 valence electrons. The third-order valence-electron chi connectivity index (χ3n) is 6.13. The van der Waals surface area contributed by atoms with Gasteiger partial charge in [-0.25, -0.2) is 0 Å². The van der Waals surface area contributed by atoms with Gasteiger partial charge in [0, 0.05) is 83.7 Å². The first kappa shape index (κ1) is 34.6. The summed E-state index contributed by atoms with van der Waals surface area (Å²) in [6.45, 7) is 19.8. The summed E-state index contributed by atoms with van der Waals surface area (Å²) in [6, 6.07) is 11.7. The molecular weight excluding hydrogens is 504 g/mol. The predicted octanol–water partition coefficient (Wildman–Crippen LogP) is 5.23. The molecule has 0 aliphatic carbocycles. The molecule has 9 heteroatoms. The highest BCUT2D eigenvalue weighted by atomic mass is 16.5. The van der Waals surface area contributed by atoms with Crippen LogP contribution in [0.15, 0.2) is 36.4 Å². The first-order valence-corrected chi connectivity index (χ1v) is 14.5. The number of hydrogen-bond acceptors (Lipinski definition) is 7. The van der Waals surface area contributed by atoms with E-state index in [9.17, 15) is 9.59 Å². The zero-order valence-electron chi connectivity index (χ0n) is 25.6. The van der Waals surface area contributed by atoms with E-state index in [1.54, 1.807) is 6.92 Å². The number of nitrogens with zero attached hydrogens (tertiary/aromatic N) is 4. The highest BCUT2D eigenvalue weighted by molar-refractivity contribution is 5.88. The van der Waals surface area contributed by atoms with Crippen molar-refractivity contribution < 1.29 is 14.3 Å². The normalized spacial score (nSPS) is 12.7. The summed E-state index contributed by atoms with van der Waals surface area (Å²) in [4.78, 5) is 33.8. The number of carbonyl (C=O) groups is 2. The van der Waals surface area contributed by atoms with Gasteiger partial charge in [0.2, 0.25) is 17.7 Å². The van der Waals surface area contributed by atoms with E-state index in [4.69, 9.17) is 10.1 Å². The molecule has 1 aromatic heterocycles. The van der Waals surface area contributed by atoms with Gasteiger partial charge in [-0.05, 0) is 25.3 Å². The molecule has 1 saturated heterocycles. The zero-order chi connectivity index (χ0) is 29.9. The Labute approximate surface area is 241 Å². The molecule has 0 saturated carbocycles. The van der Waals surface area contributed by atoms with E-state index in [-0.39, 0.29) is 11.8 Å². The lowest BCUT2D eigenvalue weighted by atomic mass is 10.2. The van der Waals surface area contributed by atoms with Gasteiger partial charge in [-0.1, -0.05) is 57.5 Å². The number of aromatic nitrogens is 1. The molecule has 3 rings (SSSR count). The number of hydrogen-bond donors (Lipinski definition) is 2. The Kier molecular flexibility index (Phi) is 16.9. The summed E-state index contributed by atoms with van der Waals surface area (Å²) in [6.07, 6.45) is 3.44. The fourth-order valence-electron chi connectivity index (χ4n) is 4.23. The van der Waals surface area contributed by atoms with Crippen molar-refractivity contribution in [1.29, 1.82) is 5.41 Å². The van der Waals surface area contributed by atoms with E-state index in [0.717, 1.165) is 69.9 Å². The molecule has 2 aromatic rings. The van der Waals surface area contributed by atoms with Crippen LogP contribution in [-0.4, -0.2) is 85.2 Å². The molecule has 0 bridgehead atoms. The van der Waals surface area contributed by atoms with Crippen molar-refractivity contribution in [2.45, 2.75) is 61.3 Å². The van der Waals surface area contributed by atoms with E-state index in [2.05, 4.69) is 33.9 Å². The van der Waals surface area contributed by atoms with Crippen molar-refractivity contribution in [1.82, 2.24) is 14.8 Å². The Hall–Kier alpha value is -3.46. The van der Waals surface area contributed by atoms with Crippen molar-refractivity contribution in [2.24, 2.45) is 0 Å². The highest BCUT2D eigenvalue weighted by Gasteiger charge is 2.18. The molecule has 0 radical (unpaired) electrons. The monoisotopic (exact) mass is 554 g/mol. The summed E-state index contributed by atoms with van der Waals surface area (Å²) in [5, 5.41) is 9.69. The zero-order valence-corrected chi connectivity index (χ0v) is 25.6. The molecule has 0 atom stereocenters. The maximum Gasteiger partial charge on any atom is 0.222 e. The average molecular weight is 555 g/mol. The van der Waals surface area contributed by atoms with Crippen LogP contribution in [0, 0.1) is 12.3 Å². The van der Waals surface area contributed by atoms with Crippen molar-refractivity contribution in [3.8, 4) is 5.88 Å². The molecule has 2 N–H and O–H groups in total. The Morgan fingerprint density at radius 3 is 2.20 bits per heavy atom. The number of pyridine rings is 1. The second-order valence-electron chi connectivity index (χ2n) is 9.47. The number of benzene rings is 1. The van der Waals surface area contributed by atoms with Gasteiger partial charge in [-0.2, -0.15) is 4.98 Å². The molecule has 0 spiro atoms. The van der Waals surface area contributed by atoms with Crippen molar-refractivity contribution >= 4 is 29.5 Å².